The Hall–Kier alpha value is -0.900. The molecule has 0 saturated carbocycles. The molecule has 7 nitrogen and oxygen atoms in total. The third-order valence-electron chi connectivity index (χ3n) is 4.03. The SMILES string of the molecule is CCCn1c(N2CC[C@@H](N)C2)nc2c([N+](=O)[O-])c(Br)c(Br)cc21.Cl. The number of nitro groups is 1. The Morgan fingerprint density at radius 2 is 2.21 bits per heavy atom. The second-order valence-corrected chi connectivity index (χ2v) is 7.35. The minimum Gasteiger partial charge on any atom is -0.341 e. The monoisotopic (exact) mass is 481 g/mol. The fraction of sp³-hybridized carbons (Fsp3) is 0.500. The van der Waals surface area contributed by atoms with Crippen LogP contribution >= 0.6 is 44.3 Å². The van der Waals surface area contributed by atoms with E-state index >= 15 is 0 Å². The number of benzene rings is 1. The number of rotatable bonds is 4. The summed E-state index contributed by atoms with van der Waals surface area (Å²) in [5.74, 6) is 0.767. The summed E-state index contributed by atoms with van der Waals surface area (Å²) in [6.07, 6.45) is 1.82. The number of fused-ring (bicyclic) bond motifs is 1. The molecular formula is C14H18Br2ClN5O2. The molecule has 132 valence electrons. The van der Waals surface area contributed by atoms with Crippen LogP contribution in [-0.2, 0) is 6.54 Å². The number of aromatic nitrogens is 2. The van der Waals surface area contributed by atoms with Crippen molar-refractivity contribution < 1.29 is 4.92 Å². The molecule has 1 aromatic heterocycles. The smallest absolute Gasteiger partial charge is 0.312 e. The van der Waals surface area contributed by atoms with E-state index < -0.39 is 0 Å². The molecule has 2 aromatic rings. The van der Waals surface area contributed by atoms with Crippen molar-refractivity contribution in [3.8, 4) is 0 Å². The maximum atomic E-state index is 11.5. The minimum absolute atomic E-state index is 0. The van der Waals surface area contributed by atoms with Crippen molar-refractivity contribution in [1.82, 2.24) is 9.55 Å². The van der Waals surface area contributed by atoms with Gasteiger partial charge in [0.2, 0.25) is 5.95 Å². The summed E-state index contributed by atoms with van der Waals surface area (Å²) >= 11 is 6.69. The first-order valence-corrected chi connectivity index (χ1v) is 9.05. The van der Waals surface area contributed by atoms with Crippen LogP contribution in [0.2, 0.25) is 0 Å². The van der Waals surface area contributed by atoms with E-state index in [9.17, 15) is 10.1 Å². The molecule has 1 atom stereocenters. The Balaban J connectivity index is 0.00000208. The number of imidazole rings is 1. The molecule has 3 rings (SSSR count). The van der Waals surface area contributed by atoms with E-state index in [1.54, 1.807) is 0 Å². The lowest BCUT2D eigenvalue weighted by Gasteiger charge is -2.18. The molecule has 0 aliphatic carbocycles. The fourth-order valence-corrected chi connectivity index (χ4v) is 3.85. The second-order valence-electron chi connectivity index (χ2n) is 5.70. The Bertz CT molecular complexity index is 782. The summed E-state index contributed by atoms with van der Waals surface area (Å²) in [5, 5.41) is 11.5. The number of nitrogens with zero attached hydrogens (tertiary/aromatic N) is 4. The molecule has 0 radical (unpaired) electrons. The molecular weight excluding hydrogens is 465 g/mol. The average Bonchev–Trinajstić information content (AvgIpc) is 3.05. The maximum Gasteiger partial charge on any atom is 0.312 e. The van der Waals surface area contributed by atoms with E-state index in [0.717, 1.165) is 43.9 Å². The standard InChI is InChI=1S/C14H17Br2N5O2.ClH/c1-2-4-20-10-6-9(15)11(16)13(21(22)23)12(10)18-14(20)19-5-3-8(17)7-19;/h6,8H,2-5,7,17H2,1H3;1H/t8-;/m1./s1. The number of halogens is 3. The van der Waals surface area contributed by atoms with Crippen LogP contribution in [0.3, 0.4) is 0 Å². The molecule has 0 amide bonds. The van der Waals surface area contributed by atoms with E-state index in [-0.39, 0.29) is 29.1 Å². The normalized spacial score (nSPS) is 17.3. The molecule has 0 bridgehead atoms. The van der Waals surface area contributed by atoms with Crippen LogP contribution in [0.25, 0.3) is 11.0 Å². The van der Waals surface area contributed by atoms with Crippen LogP contribution in [0, 0.1) is 10.1 Å². The van der Waals surface area contributed by atoms with Crippen LogP contribution in [-0.4, -0.2) is 33.6 Å². The molecule has 1 saturated heterocycles. The highest BCUT2D eigenvalue weighted by Crippen LogP contribution is 2.40. The lowest BCUT2D eigenvalue weighted by atomic mass is 10.2. The summed E-state index contributed by atoms with van der Waals surface area (Å²) in [7, 11) is 0. The van der Waals surface area contributed by atoms with Crippen molar-refractivity contribution in [2.45, 2.75) is 32.4 Å². The highest BCUT2D eigenvalue weighted by Gasteiger charge is 2.29. The quantitative estimate of drug-likeness (QED) is 0.527. The zero-order valence-corrected chi connectivity index (χ0v) is 17.0. The average molecular weight is 484 g/mol. The van der Waals surface area contributed by atoms with Gasteiger partial charge in [-0.15, -0.1) is 12.4 Å². The van der Waals surface area contributed by atoms with E-state index in [4.69, 9.17) is 5.73 Å². The van der Waals surface area contributed by atoms with Gasteiger partial charge in [-0.05, 0) is 50.8 Å². The lowest BCUT2D eigenvalue weighted by molar-refractivity contribution is -0.384. The number of hydrogen-bond donors (Lipinski definition) is 1. The topological polar surface area (TPSA) is 90.2 Å². The van der Waals surface area contributed by atoms with Crippen molar-refractivity contribution in [2.75, 3.05) is 18.0 Å². The summed E-state index contributed by atoms with van der Waals surface area (Å²) in [4.78, 5) is 17.9. The first kappa shape index (κ1) is 19.4. The largest absolute Gasteiger partial charge is 0.341 e. The van der Waals surface area contributed by atoms with Crippen LogP contribution in [0.4, 0.5) is 11.6 Å². The minimum atomic E-state index is -0.389. The van der Waals surface area contributed by atoms with E-state index in [0.29, 0.717) is 14.5 Å². The number of anilines is 1. The molecule has 1 fully saturated rings. The highest BCUT2D eigenvalue weighted by atomic mass is 79.9. The molecule has 2 N–H and O–H groups in total. The molecule has 1 aromatic carbocycles. The Kier molecular flexibility index (Phi) is 6.11. The molecule has 1 aliphatic heterocycles. The molecule has 0 spiro atoms. The van der Waals surface area contributed by atoms with Crippen molar-refractivity contribution in [1.29, 1.82) is 0 Å². The summed E-state index contributed by atoms with van der Waals surface area (Å²) in [6, 6.07) is 2.01. The van der Waals surface area contributed by atoms with Gasteiger partial charge in [0.05, 0.1) is 10.4 Å². The van der Waals surface area contributed by atoms with E-state index in [1.807, 2.05) is 6.07 Å². The van der Waals surface area contributed by atoms with Gasteiger partial charge in [0.15, 0.2) is 5.52 Å². The number of nitro benzene ring substituents is 1. The first-order valence-electron chi connectivity index (χ1n) is 7.47. The third-order valence-corrected chi connectivity index (χ3v) is 5.99. The fourth-order valence-electron chi connectivity index (χ4n) is 3.00. The molecule has 10 heteroatoms. The van der Waals surface area contributed by atoms with Gasteiger partial charge in [-0.3, -0.25) is 10.1 Å². The van der Waals surface area contributed by atoms with Crippen molar-refractivity contribution in [2.24, 2.45) is 5.73 Å². The van der Waals surface area contributed by atoms with Gasteiger partial charge in [-0.25, -0.2) is 4.98 Å². The lowest BCUT2D eigenvalue weighted by Crippen LogP contribution is -2.28. The van der Waals surface area contributed by atoms with Gasteiger partial charge in [-0.2, -0.15) is 0 Å². The van der Waals surface area contributed by atoms with Gasteiger partial charge in [0.1, 0.15) is 4.47 Å². The predicted octanol–water partition coefficient (Wildman–Crippen LogP) is 3.84. The van der Waals surface area contributed by atoms with Crippen LogP contribution in [0.15, 0.2) is 15.0 Å². The van der Waals surface area contributed by atoms with Crippen molar-refractivity contribution >= 4 is 66.9 Å². The summed E-state index contributed by atoms with van der Waals surface area (Å²) in [6.45, 7) is 4.38. The van der Waals surface area contributed by atoms with Gasteiger partial charge in [0.25, 0.3) is 0 Å². The number of hydrogen-bond acceptors (Lipinski definition) is 5. The van der Waals surface area contributed by atoms with Crippen LogP contribution in [0.1, 0.15) is 19.8 Å². The zero-order valence-electron chi connectivity index (χ0n) is 13.0. The Labute approximate surface area is 162 Å². The van der Waals surface area contributed by atoms with Crippen LogP contribution < -0.4 is 10.6 Å². The highest BCUT2D eigenvalue weighted by molar-refractivity contribution is 9.13. The molecule has 0 unspecified atom stereocenters. The van der Waals surface area contributed by atoms with Crippen molar-refractivity contribution in [3.05, 3.63) is 25.1 Å². The van der Waals surface area contributed by atoms with Gasteiger partial charge in [0, 0.05) is 30.1 Å². The van der Waals surface area contributed by atoms with E-state index in [2.05, 4.69) is 53.2 Å². The molecule has 24 heavy (non-hydrogen) atoms. The molecule has 2 heterocycles. The Morgan fingerprint density at radius 1 is 1.50 bits per heavy atom. The predicted molar refractivity (Wildman–Crippen MR) is 104 cm³/mol. The van der Waals surface area contributed by atoms with Crippen molar-refractivity contribution in [3.63, 3.8) is 0 Å². The third kappa shape index (κ3) is 3.26. The van der Waals surface area contributed by atoms with Gasteiger partial charge >= 0.3 is 5.69 Å². The Morgan fingerprint density at radius 3 is 2.75 bits per heavy atom. The molecule has 1 aliphatic rings. The van der Waals surface area contributed by atoms with Crippen LogP contribution in [0.5, 0.6) is 0 Å². The van der Waals surface area contributed by atoms with E-state index in [1.165, 1.54) is 0 Å². The van der Waals surface area contributed by atoms with Gasteiger partial charge in [-0.1, -0.05) is 6.92 Å². The number of aryl methyl sites for hydroxylation is 1. The zero-order chi connectivity index (χ0) is 16.7. The maximum absolute atomic E-state index is 11.5. The second kappa shape index (κ2) is 7.55. The first-order chi connectivity index (χ1) is 10.9. The number of nitrogens with two attached hydrogens (primary N) is 1. The summed E-state index contributed by atoms with van der Waals surface area (Å²) in [5.41, 5.74) is 7.18. The van der Waals surface area contributed by atoms with Gasteiger partial charge < -0.3 is 15.2 Å². The summed E-state index contributed by atoms with van der Waals surface area (Å²) < 4.78 is 3.12.